The molecule has 6 N–H and O–H groups in total. The first kappa shape index (κ1) is 29.3. The first-order chi connectivity index (χ1) is 20.2. The molecule has 0 unspecified atom stereocenters. The van der Waals surface area contributed by atoms with Crippen molar-refractivity contribution in [2.75, 3.05) is 55.5 Å². The number of amides is 1. The molecule has 12 heteroatoms. The zero-order valence-electron chi connectivity index (χ0n) is 22.8. The second-order valence-electron chi connectivity index (χ2n) is 8.79. The van der Waals surface area contributed by atoms with Gasteiger partial charge in [-0.3, -0.25) is 9.78 Å². The second-order valence-corrected chi connectivity index (χ2v) is 8.79. The Hall–Kier alpha value is -4.65. The summed E-state index contributed by atoms with van der Waals surface area (Å²) in [6.45, 7) is 3.73. The lowest BCUT2D eigenvalue weighted by molar-refractivity contribution is 0.0511. The van der Waals surface area contributed by atoms with E-state index in [9.17, 15) is 4.79 Å². The van der Waals surface area contributed by atoms with E-state index in [2.05, 4.69) is 41.2 Å². The summed E-state index contributed by atoms with van der Waals surface area (Å²) in [5.41, 5.74) is 8.57. The number of anilines is 4. The van der Waals surface area contributed by atoms with Crippen molar-refractivity contribution in [3.63, 3.8) is 0 Å². The van der Waals surface area contributed by atoms with Crippen LogP contribution in [0.2, 0.25) is 0 Å². The number of nitrogens with two attached hydrogens (primary N) is 1. The fourth-order valence-corrected chi connectivity index (χ4v) is 3.62. The van der Waals surface area contributed by atoms with Crippen LogP contribution in [0, 0.1) is 0 Å². The van der Waals surface area contributed by atoms with E-state index in [0.717, 1.165) is 16.9 Å². The van der Waals surface area contributed by atoms with E-state index in [0.29, 0.717) is 76.0 Å². The molecule has 2 aromatic heterocycles. The van der Waals surface area contributed by atoms with Gasteiger partial charge in [0.25, 0.3) is 5.91 Å². The molecule has 2 heterocycles. The van der Waals surface area contributed by atoms with Crippen LogP contribution in [0.25, 0.3) is 0 Å². The highest BCUT2D eigenvalue weighted by atomic mass is 16.5. The average molecular weight is 558 g/mol. The molecule has 0 aliphatic heterocycles. The van der Waals surface area contributed by atoms with Gasteiger partial charge in [-0.25, -0.2) is 0 Å². The summed E-state index contributed by atoms with van der Waals surface area (Å²) in [6.07, 6.45) is 1.74. The number of ether oxygens (including phenoxy) is 2. The van der Waals surface area contributed by atoms with Gasteiger partial charge in [0.05, 0.1) is 38.7 Å². The van der Waals surface area contributed by atoms with Crippen LogP contribution in [0.15, 0.2) is 79.0 Å². The molecule has 0 radical (unpaired) electrons. The van der Waals surface area contributed by atoms with Gasteiger partial charge in [-0.2, -0.15) is 15.0 Å². The summed E-state index contributed by atoms with van der Waals surface area (Å²) in [7, 11) is 0. The van der Waals surface area contributed by atoms with Crippen molar-refractivity contribution in [2.45, 2.75) is 13.1 Å². The number of carbonyl (C=O) groups excluding carboxylic acids is 1. The molecule has 214 valence electrons. The fraction of sp³-hybridized carbons (Fsp3) is 0.276. The van der Waals surface area contributed by atoms with Crippen LogP contribution in [0.5, 0.6) is 0 Å². The van der Waals surface area contributed by atoms with Gasteiger partial charge in [0, 0.05) is 37.1 Å². The van der Waals surface area contributed by atoms with Crippen LogP contribution >= 0.6 is 0 Å². The largest absolute Gasteiger partial charge is 0.378 e. The summed E-state index contributed by atoms with van der Waals surface area (Å²) in [6, 6.07) is 22.8. The number of hydrogen-bond acceptors (Lipinski definition) is 11. The lowest BCUT2D eigenvalue weighted by atomic mass is 10.2. The minimum absolute atomic E-state index is 0.187. The summed E-state index contributed by atoms with van der Waals surface area (Å²) in [4.78, 5) is 30.4. The predicted molar refractivity (Wildman–Crippen MR) is 158 cm³/mol. The lowest BCUT2D eigenvalue weighted by Crippen LogP contribution is -2.27. The van der Waals surface area contributed by atoms with E-state index in [1.54, 1.807) is 30.5 Å². The van der Waals surface area contributed by atoms with Gasteiger partial charge < -0.3 is 36.5 Å². The molecule has 0 atom stereocenters. The Morgan fingerprint density at radius 3 is 2.12 bits per heavy atom. The number of benzene rings is 2. The molecule has 0 aliphatic rings. The Morgan fingerprint density at radius 2 is 1.41 bits per heavy atom. The number of aromatic nitrogens is 4. The van der Waals surface area contributed by atoms with Crippen molar-refractivity contribution in [2.24, 2.45) is 5.73 Å². The summed E-state index contributed by atoms with van der Waals surface area (Å²) < 4.78 is 10.7. The Kier molecular flexibility index (Phi) is 11.8. The number of pyridine rings is 1. The molecule has 0 saturated carbocycles. The van der Waals surface area contributed by atoms with Gasteiger partial charge >= 0.3 is 0 Å². The topological polar surface area (TPSA) is 161 Å². The number of carbonyl (C=O) groups is 1. The maximum Gasteiger partial charge on any atom is 0.251 e. The third-order valence-electron chi connectivity index (χ3n) is 5.65. The van der Waals surface area contributed by atoms with E-state index in [1.165, 1.54) is 0 Å². The van der Waals surface area contributed by atoms with Crippen LogP contribution in [0.1, 0.15) is 21.6 Å². The number of rotatable bonds is 17. The minimum atomic E-state index is -0.187. The minimum Gasteiger partial charge on any atom is -0.378 e. The zero-order valence-corrected chi connectivity index (χ0v) is 22.8. The number of hydrogen-bond donors (Lipinski definition) is 5. The SMILES string of the molecule is NCCOCCOCCNC(=O)c1ccc(Nc2nc(NCc3ccccc3)nc(NCc3ccccn3)n2)cc1. The first-order valence-electron chi connectivity index (χ1n) is 13.4. The van der Waals surface area contributed by atoms with Gasteiger partial charge in [0.1, 0.15) is 0 Å². The second kappa shape index (κ2) is 16.5. The molecule has 4 aromatic rings. The van der Waals surface area contributed by atoms with Crippen LogP contribution in [0.3, 0.4) is 0 Å². The Bertz CT molecular complexity index is 1260. The lowest BCUT2D eigenvalue weighted by Gasteiger charge is -2.12. The molecule has 0 saturated heterocycles. The van der Waals surface area contributed by atoms with Crippen molar-refractivity contribution in [3.8, 4) is 0 Å². The number of nitrogens with zero attached hydrogens (tertiary/aromatic N) is 4. The zero-order chi connectivity index (χ0) is 28.5. The molecule has 0 aliphatic carbocycles. The van der Waals surface area contributed by atoms with Crippen molar-refractivity contribution in [1.29, 1.82) is 0 Å². The maximum absolute atomic E-state index is 12.5. The molecule has 0 bridgehead atoms. The van der Waals surface area contributed by atoms with E-state index < -0.39 is 0 Å². The van der Waals surface area contributed by atoms with Gasteiger partial charge in [0.2, 0.25) is 17.8 Å². The summed E-state index contributed by atoms with van der Waals surface area (Å²) >= 11 is 0. The van der Waals surface area contributed by atoms with Gasteiger partial charge in [-0.1, -0.05) is 36.4 Å². The highest BCUT2D eigenvalue weighted by Gasteiger charge is 2.09. The first-order valence-corrected chi connectivity index (χ1v) is 13.4. The molecule has 41 heavy (non-hydrogen) atoms. The molecule has 1 amide bonds. The Morgan fingerprint density at radius 1 is 0.732 bits per heavy atom. The highest BCUT2D eigenvalue weighted by Crippen LogP contribution is 2.17. The van der Waals surface area contributed by atoms with E-state index in [-0.39, 0.29) is 5.91 Å². The van der Waals surface area contributed by atoms with Gasteiger partial charge in [-0.05, 0) is 42.0 Å². The number of nitrogens with one attached hydrogen (secondary N) is 4. The summed E-state index contributed by atoms with van der Waals surface area (Å²) in [5, 5.41) is 12.5. The molecular weight excluding hydrogens is 522 g/mol. The molecular formula is C29H35N9O3. The standard InChI is InChI=1S/C29H35N9O3/c30-13-16-40-18-19-41-17-15-32-26(39)23-9-11-24(12-10-23)35-29-37-27(33-20-22-6-2-1-3-7-22)36-28(38-29)34-21-25-8-4-5-14-31-25/h1-12,14H,13,15-21,30H2,(H,32,39)(H3,33,34,35,36,37,38). The Labute approximate surface area is 239 Å². The molecule has 12 nitrogen and oxygen atoms in total. The third kappa shape index (κ3) is 10.4. The maximum atomic E-state index is 12.5. The van der Waals surface area contributed by atoms with E-state index in [4.69, 9.17) is 15.2 Å². The van der Waals surface area contributed by atoms with E-state index >= 15 is 0 Å². The molecule has 2 aromatic carbocycles. The van der Waals surface area contributed by atoms with Gasteiger partial charge in [0.15, 0.2) is 0 Å². The highest BCUT2D eigenvalue weighted by molar-refractivity contribution is 5.94. The van der Waals surface area contributed by atoms with Crippen molar-refractivity contribution >= 4 is 29.4 Å². The van der Waals surface area contributed by atoms with Gasteiger partial charge in [-0.15, -0.1) is 0 Å². The normalized spacial score (nSPS) is 10.7. The predicted octanol–water partition coefficient (Wildman–Crippen LogP) is 2.96. The quantitative estimate of drug-likeness (QED) is 0.121. The van der Waals surface area contributed by atoms with Crippen LogP contribution in [-0.4, -0.2) is 65.4 Å². The summed E-state index contributed by atoms with van der Waals surface area (Å²) in [5.74, 6) is 0.976. The fourth-order valence-electron chi connectivity index (χ4n) is 3.62. The molecule has 0 fully saturated rings. The van der Waals surface area contributed by atoms with E-state index in [1.807, 2.05) is 48.5 Å². The average Bonchev–Trinajstić information content (AvgIpc) is 3.01. The smallest absolute Gasteiger partial charge is 0.251 e. The molecule has 4 rings (SSSR count). The molecule has 0 spiro atoms. The van der Waals surface area contributed by atoms with Crippen LogP contribution in [0.4, 0.5) is 23.5 Å². The van der Waals surface area contributed by atoms with Crippen molar-refractivity contribution in [3.05, 3.63) is 95.8 Å². The van der Waals surface area contributed by atoms with Crippen LogP contribution in [-0.2, 0) is 22.6 Å². The van der Waals surface area contributed by atoms with Crippen molar-refractivity contribution < 1.29 is 14.3 Å². The Balaban J connectivity index is 1.34. The van der Waals surface area contributed by atoms with Crippen LogP contribution < -0.4 is 27.0 Å². The van der Waals surface area contributed by atoms with Crippen molar-refractivity contribution in [1.82, 2.24) is 25.3 Å². The third-order valence-corrected chi connectivity index (χ3v) is 5.65. The monoisotopic (exact) mass is 557 g/mol.